The second-order valence-electron chi connectivity index (χ2n) is 4.05. The minimum absolute atomic E-state index is 0.289. The zero-order chi connectivity index (χ0) is 12.8. The monoisotopic (exact) mass is 245 g/mol. The molecule has 18 heavy (non-hydrogen) atoms. The molecule has 0 bridgehead atoms. The molecule has 2 N–H and O–H groups in total. The van der Waals surface area contributed by atoms with Crippen LogP contribution in [0.25, 0.3) is 0 Å². The average molecular weight is 245 g/mol. The van der Waals surface area contributed by atoms with Crippen LogP contribution in [0.3, 0.4) is 0 Å². The van der Waals surface area contributed by atoms with Gasteiger partial charge in [0.15, 0.2) is 0 Å². The van der Waals surface area contributed by atoms with Crippen LogP contribution in [0.15, 0.2) is 48.5 Å². The molecule has 3 heteroatoms. The van der Waals surface area contributed by atoms with Gasteiger partial charge in [-0.1, -0.05) is 30.3 Å². The van der Waals surface area contributed by atoms with E-state index < -0.39 is 0 Å². The Morgan fingerprint density at radius 3 is 2.50 bits per heavy atom. The summed E-state index contributed by atoms with van der Waals surface area (Å²) in [7, 11) is 0. The zero-order valence-electron chi connectivity index (χ0n) is 10.1. The minimum atomic E-state index is -0.289. The van der Waals surface area contributed by atoms with Gasteiger partial charge >= 0.3 is 0 Å². The maximum absolute atomic E-state index is 13.0. The van der Waals surface area contributed by atoms with Crippen LogP contribution in [-0.4, -0.2) is 6.54 Å². The lowest BCUT2D eigenvalue weighted by molar-refractivity contribution is 0.303. The Bertz CT molecular complexity index is 513. The third-order valence-corrected chi connectivity index (χ3v) is 2.72. The van der Waals surface area contributed by atoms with E-state index in [0.717, 1.165) is 12.0 Å². The number of benzene rings is 2. The topological polar surface area (TPSA) is 35.2 Å². The summed E-state index contributed by atoms with van der Waals surface area (Å²) in [5, 5.41) is 0. The van der Waals surface area contributed by atoms with Gasteiger partial charge < -0.3 is 10.5 Å². The summed E-state index contributed by atoms with van der Waals surface area (Å²) in [6, 6.07) is 14.1. The smallest absolute Gasteiger partial charge is 0.126 e. The number of rotatable bonds is 5. The van der Waals surface area contributed by atoms with Crippen LogP contribution >= 0.6 is 0 Å². The number of hydrogen-bond acceptors (Lipinski definition) is 2. The minimum Gasteiger partial charge on any atom is -0.489 e. The van der Waals surface area contributed by atoms with Crippen LogP contribution < -0.4 is 10.5 Å². The van der Waals surface area contributed by atoms with Crippen molar-refractivity contribution in [3.63, 3.8) is 0 Å². The average Bonchev–Trinajstić information content (AvgIpc) is 2.38. The first-order chi connectivity index (χ1) is 8.79. The van der Waals surface area contributed by atoms with Crippen molar-refractivity contribution in [2.75, 3.05) is 6.54 Å². The molecule has 0 saturated heterocycles. The summed E-state index contributed by atoms with van der Waals surface area (Å²) >= 11 is 0. The highest BCUT2D eigenvalue weighted by atomic mass is 19.1. The standard InChI is InChI=1S/C15H16FNO/c16-14-6-3-7-15(10-14)18-11-13-5-2-1-4-12(13)8-9-17/h1-7,10H,8-9,11,17H2. The van der Waals surface area contributed by atoms with Gasteiger partial charge in [-0.3, -0.25) is 0 Å². The quantitative estimate of drug-likeness (QED) is 0.879. The Morgan fingerprint density at radius 2 is 1.78 bits per heavy atom. The maximum Gasteiger partial charge on any atom is 0.126 e. The van der Waals surface area contributed by atoms with Crippen LogP contribution in [-0.2, 0) is 13.0 Å². The highest BCUT2D eigenvalue weighted by Crippen LogP contribution is 2.16. The molecule has 0 aliphatic carbocycles. The first-order valence-electron chi connectivity index (χ1n) is 5.95. The van der Waals surface area contributed by atoms with Gasteiger partial charge in [0.05, 0.1) is 0 Å². The predicted octanol–water partition coefficient (Wildman–Crippen LogP) is 2.91. The van der Waals surface area contributed by atoms with Gasteiger partial charge in [-0.2, -0.15) is 0 Å². The summed E-state index contributed by atoms with van der Waals surface area (Å²) in [6.07, 6.45) is 0.822. The molecular formula is C15H16FNO. The van der Waals surface area contributed by atoms with Crippen molar-refractivity contribution in [3.05, 3.63) is 65.5 Å². The summed E-state index contributed by atoms with van der Waals surface area (Å²) in [6.45, 7) is 1.04. The fourth-order valence-electron chi connectivity index (χ4n) is 1.82. The molecule has 2 aromatic carbocycles. The maximum atomic E-state index is 13.0. The highest BCUT2D eigenvalue weighted by molar-refractivity contribution is 5.28. The van der Waals surface area contributed by atoms with E-state index in [2.05, 4.69) is 0 Å². The number of nitrogens with two attached hydrogens (primary N) is 1. The van der Waals surface area contributed by atoms with Crippen LogP contribution in [0.5, 0.6) is 5.75 Å². The lowest BCUT2D eigenvalue weighted by atomic mass is 10.1. The molecule has 0 amide bonds. The second kappa shape index (κ2) is 6.17. The van der Waals surface area contributed by atoms with Crippen LogP contribution in [0.2, 0.25) is 0 Å². The Hall–Kier alpha value is -1.87. The molecule has 0 fully saturated rings. The van der Waals surface area contributed by atoms with E-state index in [0.29, 0.717) is 18.9 Å². The van der Waals surface area contributed by atoms with E-state index in [4.69, 9.17) is 10.5 Å². The molecule has 0 aromatic heterocycles. The predicted molar refractivity (Wildman–Crippen MR) is 69.9 cm³/mol. The molecular weight excluding hydrogens is 229 g/mol. The van der Waals surface area contributed by atoms with Crippen molar-refractivity contribution >= 4 is 0 Å². The van der Waals surface area contributed by atoms with Gasteiger partial charge in [-0.15, -0.1) is 0 Å². The Balaban J connectivity index is 2.06. The molecule has 0 spiro atoms. The summed E-state index contributed by atoms with van der Waals surface area (Å²) in [5.74, 6) is 0.250. The molecule has 0 radical (unpaired) electrons. The summed E-state index contributed by atoms with van der Waals surface area (Å²) in [5.41, 5.74) is 7.83. The molecule has 0 saturated carbocycles. The largest absolute Gasteiger partial charge is 0.489 e. The SMILES string of the molecule is NCCc1ccccc1COc1cccc(F)c1. The number of halogens is 1. The van der Waals surface area contributed by atoms with E-state index >= 15 is 0 Å². The molecule has 0 aliphatic rings. The van der Waals surface area contributed by atoms with E-state index in [1.165, 1.54) is 17.7 Å². The molecule has 0 unspecified atom stereocenters. The first kappa shape index (κ1) is 12.6. The second-order valence-corrected chi connectivity index (χ2v) is 4.05. The fraction of sp³-hybridized carbons (Fsp3) is 0.200. The van der Waals surface area contributed by atoms with Crippen molar-refractivity contribution < 1.29 is 9.13 Å². The van der Waals surface area contributed by atoms with Gasteiger partial charge in [-0.05, 0) is 36.2 Å². The Kier molecular flexibility index (Phi) is 4.31. The van der Waals surface area contributed by atoms with Crippen molar-refractivity contribution in [1.82, 2.24) is 0 Å². The molecule has 0 atom stereocenters. The van der Waals surface area contributed by atoms with Crippen molar-refractivity contribution in [3.8, 4) is 5.75 Å². The van der Waals surface area contributed by atoms with Gasteiger partial charge in [0.2, 0.25) is 0 Å². The molecule has 2 aromatic rings. The normalized spacial score (nSPS) is 10.3. The number of ether oxygens (including phenoxy) is 1. The number of hydrogen-bond donors (Lipinski definition) is 1. The van der Waals surface area contributed by atoms with E-state index in [9.17, 15) is 4.39 Å². The van der Waals surface area contributed by atoms with Crippen molar-refractivity contribution in [2.24, 2.45) is 5.73 Å². The van der Waals surface area contributed by atoms with Crippen molar-refractivity contribution in [1.29, 1.82) is 0 Å². The highest BCUT2D eigenvalue weighted by Gasteiger charge is 2.02. The van der Waals surface area contributed by atoms with Crippen LogP contribution in [0.1, 0.15) is 11.1 Å². The van der Waals surface area contributed by atoms with Gasteiger partial charge in [0, 0.05) is 6.07 Å². The van der Waals surface area contributed by atoms with Gasteiger partial charge in [0.25, 0.3) is 0 Å². The molecule has 0 heterocycles. The van der Waals surface area contributed by atoms with Gasteiger partial charge in [0.1, 0.15) is 18.2 Å². The van der Waals surface area contributed by atoms with Crippen LogP contribution in [0.4, 0.5) is 4.39 Å². The Morgan fingerprint density at radius 1 is 1.00 bits per heavy atom. The summed E-state index contributed by atoms with van der Waals surface area (Å²) in [4.78, 5) is 0. The van der Waals surface area contributed by atoms with Crippen LogP contribution in [0, 0.1) is 5.82 Å². The molecule has 94 valence electrons. The molecule has 2 rings (SSSR count). The fourth-order valence-corrected chi connectivity index (χ4v) is 1.82. The Labute approximate surface area is 106 Å². The zero-order valence-corrected chi connectivity index (χ0v) is 10.1. The van der Waals surface area contributed by atoms with Gasteiger partial charge in [-0.25, -0.2) is 4.39 Å². The van der Waals surface area contributed by atoms with Crippen molar-refractivity contribution in [2.45, 2.75) is 13.0 Å². The van der Waals surface area contributed by atoms with E-state index in [1.54, 1.807) is 12.1 Å². The lowest BCUT2D eigenvalue weighted by Gasteiger charge is -2.10. The first-order valence-corrected chi connectivity index (χ1v) is 5.95. The summed E-state index contributed by atoms with van der Waals surface area (Å²) < 4.78 is 18.6. The third-order valence-electron chi connectivity index (χ3n) is 2.72. The van der Waals surface area contributed by atoms with E-state index in [-0.39, 0.29) is 5.82 Å². The van der Waals surface area contributed by atoms with E-state index in [1.807, 2.05) is 24.3 Å². The lowest BCUT2D eigenvalue weighted by Crippen LogP contribution is -2.07. The molecule has 0 aliphatic heterocycles. The third kappa shape index (κ3) is 3.31. The molecule has 2 nitrogen and oxygen atoms in total.